The normalized spacial score (nSPS) is 14.3. The first-order chi connectivity index (χ1) is 13.1. The number of para-hydroxylation sites is 1. The number of benzene rings is 1. The summed E-state index contributed by atoms with van der Waals surface area (Å²) in [6.07, 6.45) is 2.76. The average Bonchev–Trinajstić information content (AvgIpc) is 2.96. The van der Waals surface area contributed by atoms with Gasteiger partial charge in [-0.3, -0.25) is 9.69 Å². The molecule has 1 N–H and O–H groups in total. The van der Waals surface area contributed by atoms with Gasteiger partial charge in [0.15, 0.2) is 5.16 Å². The molecule has 2 aromatic heterocycles. The van der Waals surface area contributed by atoms with E-state index < -0.39 is 0 Å². The lowest BCUT2D eigenvalue weighted by molar-refractivity contribution is 0.240. The van der Waals surface area contributed by atoms with Crippen LogP contribution in [0.3, 0.4) is 0 Å². The molecular weight excluding hydrogens is 356 g/mol. The summed E-state index contributed by atoms with van der Waals surface area (Å²) in [6, 6.07) is 12.7. The fourth-order valence-corrected chi connectivity index (χ4v) is 4.29. The summed E-state index contributed by atoms with van der Waals surface area (Å²) in [7, 11) is 0. The van der Waals surface area contributed by atoms with Crippen LogP contribution in [0.15, 0.2) is 46.3 Å². The minimum atomic E-state index is 0.00353. The first-order valence-electron chi connectivity index (χ1n) is 9.18. The predicted octanol–water partition coefficient (Wildman–Crippen LogP) is 3.46. The number of nitrogens with one attached hydrogen (secondary N) is 1. The summed E-state index contributed by atoms with van der Waals surface area (Å²) < 4.78 is 2.30. The quantitative estimate of drug-likeness (QED) is 0.556. The smallest absolute Gasteiger partial charge is 0.256 e. The second-order valence-corrected chi connectivity index (χ2v) is 7.82. The number of fused-ring (bicyclic) bond motifs is 1. The van der Waals surface area contributed by atoms with Gasteiger partial charge in [-0.1, -0.05) is 30.0 Å². The first kappa shape index (κ1) is 18.1. The summed E-state index contributed by atoms with van der Waals surface area (Å²) >= 11 is 1.48. The van der Waals surface area contributed by atoms with Crippen LogP contribution in [0.5, 0.6) is 0 Å². The minimum Gasteiger partial charge on any atom is -0.318 e. The fraction of sp³-hybridized carbons (Fsp3) is 0.333. The summed E-state index contributed by atoms with van der Waals surface area (Å²) in [5.74, 6) is 0. The van der Waals surface area contributed by atoms with Gasteiger partial charge in [-0.2, -0.15) is 0 Å². The van der Waals surface area contributed by atoms with Gasteiger partial charge >= 0.3 is 0 Å². The minimum absolute atomic E-state index is 0.00353. The number of nitrogens with zero attached hydrogens (tertiary/aromatic N) is 3. The molecule has 0 amide bonds. The molecule has 3 heterocycles. The predicted molar refractivity (Wildman–Crippen MR) is 110 cm³/mol. The molecule has 140 valence electrons. The molecule has 6 heteroatoms. The Morgan fingerprint density at radius 2 is 2.00 bits per heavy atom. The lowest BCUT2D eigenvalue weighted by Crippen LogP contribution is -2.35. The molecule has 4 rings (SSSR count). The van der Waals surface area contributed by atoms with E-state index in [0.717, 1.165) is 30.8 Å². The van der Waals surface area contributed by atoms with Crippen molar-refractivity contribution in [1.29, 1.82) is 0 Å². The molecule has 1 aliphatic rings. The van der Waals surface area contributed by atoms with Crippen LogP contribution in [0.2, 0.25) is 0 Å². The van der Waals surface area contributed by atoms with E-state index in [0.29, 0.717) is 11.7 Å². The standard InChI is InChI=1S/C21H24N4OS/c1-14-11-16(15(2)25(14)17-7-5-4-6-8-17)12-24-10-9-19-18(13-24)20(26)23-21(22-19)27-3/h4-8,11H,9-10,12-13H2,1-3H3,(H,22,23,26). The van der Waals surface area contributed by atoms with E-state index in [-0.39, 0.29) is 5.56 Å². The van der Waals surface area contributed by atoms with Gasteiger partial charge in [-0.25, -0.2) is 4.98 Å². The maximum absolute atomic E-state index is 12.4. The van der Waals surface area contributed by atoms with E-state index in [9.17, 15) is 4.79 Å². The molecule has 0 bridgehead atoms. The third-order valence-electron chi connectivity index (χ3n) is 5.26. The van der Waals surface area contributed by atoms with Crippen molar-refractivity contribution in [1.82, 2.24) is 19.4 Å². The second-order valence-electron chi connectivity index (χ2n) is 7.03. The SMILES string of the molecule is CSc1nc2c(c(=O)[nH]1)CN(Cc1cc(C)n(-c3ccccc3)c1C)CC2. The van der Waals surface area contributed by atoms with Gasteiger partial charge in [-0.15, -0.1) is 0 Å². The van der Waals surface area contributed by atoms with Crippen molar-refractivity contribution < 1.29 is 0 Å². The molecule has 3 aromatic rings. The molecule has 0 aliphatic carbocycles. The molecule has 0 fully saturated rings. The average molecular weight is 381 g/mol. The summed E-state index contributed by atoms with van der Waals surface area (Å²) in [4.78, 5) is 22.2. The summed E-state index contributed by atoms with van der Waals surface area (Å²) in [5.41, 5.74) is 6.76. The van der Waals surface area contributed by atoms with Crippen molar-refractivity contribution in [2.24, 2.45) is 0 Å². The largest absolute Gasteiger partial charge is 0.318 e. The molecule has 0 radical (unpaired) electrons. The van der Waals surface area contributed by atoms with Crippen molar-refractivity contribution in [3.63, 3.8) is 0 Å². The number of thioether (sulfide) groups is 1. The molecule has 27 heavy (non-hydrogen) atoms. The van der Waals surface area contributed by atoms with Crippen LogP contribution in [0.1, 0.15) is 28.2 Å². The van der Waals surface area contributed by atoms with E-state index >= 15 is 0 Å². The zero-order chi connectivity index (χ0) is 19.0. The van der Waals surface area contributed by atoms with E-state index in [4.69, 9.17) is 0 Å². The highest BCUT2D eigenvalue weighted by Gasteiger charge is 2.22. The van der Waals surface area contributed by atoms with Crippen molar-refractivity contribution in [2.45, 2.75) is 38.5 Å². The van der Waals surface area contributed by atoms with Crippen LogP contribution >= 0.6 is 11.8 Å². The highest BCUT2D eigenvalue weighted by atomic mass is 32.2. The molecule has 0 saturated carbocycles. The molecule has 0 unspecified atom stereocenters. The fourth-order valence-electron chi connectivity index (χ4n) is 3.89. The summed E-state index contributed by atoms with van der Waals surface area (Å²) in [5, 5.41) is 0.707. The van der Waals surface area contributed by atoms with Crippen molar-refractivity contribution in [2.75, 3.05) is 12.8 Å². The number of aromatic amines is 1. The number of aryl methyl sites for hydroxylation is 1. The Morgan fingerprint density at radius 1 is 1.22 bits per heavy atom. The van der Waals surface area contributed by atoms with Crippen LogP contribution in [-0.4, -0.2) is 32.2 Å². The molecule has 1 aliphatic heterocycles. The van der Waals surface area contributed by atoms with Crippen LogP contribution in [0, 0.1) is 13.8 Å². The zero-order valence-electron chi connectivity index (χ0n) is 16.0. The zero-order valence-corrected chi connectivity index (χ0v) is 16.8. The monoisotopic (exact) mass is 380 g/mol. The first-order valence-corrected chi connectivity index (χ1v) is 10.4. The van der Waals surface area contributed by atoms with Crippen LogP contribution in [0.25, 0.3) is 5.69 Å². The van der Waals surface area contributed by atoms with Crippen molar-refractivity contribution in [3.8, 4) is 5.69 Å². The lowest BCUT2D eigenvalue weighted by Gasteiger charge is -2.27. The van der Waals surface area contributed by atoms with Gasteiger partial charge in [-0.05, 0) is 43.9 Å². The highest BCUT2D eigenvalue weighted by Crippen LogP contribution is 2.24. The Hall–Kier alpha value is -2.31. The maximum Gasteiger partial charge on any atom is 0.256 e. The third-order valence-corrected chi connectivity index (χ3v) is 5.84. The van der Waals surface area contributed by atoms with Gasteiger partial charge in [0.05, 0.1) is 11.3 Å². The molecular formula is C21H24N4OS. The van der Waals surface area contributed by atoms with Gasteiger partial charge in [0, 0.05) is 43.1 Å². The number of H-pyrrole nitrogens is 1. The third kappa shape index (κ3) is 3.47. The van der Waals surface area contributed by atoms with E-state index in [1.54, 1.807) is 0 Å². The summed E-state index contributed by atoms with van der Waals surface area (Å²) in [6.45, 7) is 6.74. The Balaban J connectivity index is 1.59. The van der Waals surface area contributed by atoms with Crippen molar-refractivity contribution >= 4 is 11.8 Å². The van der Waals surface area contributed by atoms with Gasteiger partial charge < -0.3 is 9.55 Å². The van der Waals surface area contributed by atoms with Gasteiger partial charge in [0.2, 0.25) is 0 Å². The Labute approximate surface area is 163 Å². The molecule has 0 spiro atoms. The topological polar surface area (TPSA) is 53.9 Å². The van der Waals surface area contributed by atoms with E-state index in [1.165, 1.54) is 34.4 Å². The van der Waals surface area contributed by atoms with E-state index in [1.807, 2.05) is 12.3 Å². The number of rotatable bonds is 4. The molecule has 1 aromatic carbocycles. The molecule has 0 saturated heterocycles. The maximum atomic E-state index is 12.4. The van der Waals surface area contributed by atoms with Crippen molar-refractivity contribution in [3.05, 3.63) is 75.0 Å². The highest BCUT2D eigenvalue weighted by molar-refractivity contribution is 7.98. The number of hydrogen-bond donors (Lipinski definition) is 1. The van der Waals surface area contributed by atoms with Crippen LogP contribution < -0.4 is 5.56 Å². The Kier molecular flexibility index (Phi) is 4.93. The second kappa shape index (κ2) is 7.37. The van der Waals surface area contributed by atoms with Gasteiger partial charge in [0.25, 0.3) is 5.56 Å². The molecule has 0 atom stereocenters. The van der Waals surface area contributed by atoms with Crippen LogP contribution in [0.4, 0.5) is 0 Å². The number of hydrogen-bond acceptors (Lipinski definition) is 4. The lowest BCUT2D eigenvalue weighted by atomic mass is 10.1. The Morgan fingerprint density at radius 3 is 2.74 bits per heavy atom. The Bertz CT molecular complexity index is 1020. The molecule has 5 nitrogen and oxygen atoms in total. The van der Waals surface area contributed by atoms with Gasteiger partial charge in [0.1, 0.15) is 0 Å². The number of aromatic nitrogens is 3. The van der Waals surface area contributed by atoms with E-state index in [2.05, 4.69) is 63.6 Å². The van der Waals surface area contributed by atoms with Crippen LogP contribution in [-0.2, 0) is 19.5 Å².